The van der Waals surface area contributed by atoms with Gasteiger partial charge in [0.15, 0.2) is 5.84 Å². The summed E-state index contributed by atoms with van der Waals surface area (Å²) in [6.07, 6.45) is 0. The van der Waals surface area contributed by atoms with Gasteiger partial charge in [-0.2, -0.15) is 8.42 Å². The van der Waals surface area contributed by atoms with E-state index in [0.717, 1.165) is 0 Å². The first-order chi connectivity index (χ1) is 12.0. The lowest BCUT2D eigenvalue weighted by molar-refractivity contribution is 0.491. The van der Waals surface area contributed by atoms with Crippen molar-refractivity contribution < 1.29 is 16.8 Å². The van der Waals surface area contributed by atoms with Crippen LogP contribution in [0, 0.1) is 0 Å². The van der Waals surface area contributed by atoms with Crippen LogP contribution in [0.25, 0.3) is 0 Å². The summed E-state index contributed by atoms with van der Waals surface area (Å²) in [7, 11) is -7.34. The molecule has 1 aliphatic rings. The monoisotopic (exact) mass is 393 g/mol. The Bertz CT molecular complexity index is 1080. The summed E-state index contributed by atoms with van der Waals surface area (Å²) in [5.74, 6) is 0.212. The number of hydrogen-bond donors (Lipinski definition) is 2. The first-order valence-corrected chi connectivity index (χ1v) is 10.8. The molecule has 1 aliphatic heterocycles. The number of nitrogens with one attached hydrogen (secondary N) is 2. The van der Waals surface area contributed by atoms with E-state index in [1.54, 1.807) is 51.1 Å². The van der Waals surface area contributed by atoms with Crippen LogP contribution in [-0.4, -0.2) is 28.2 Å². The lowest BCUT2D eigenvalue weighted by Crippen LogP contribution is -2.40. The van der Waals surface area contributed by atoms with E-state index < -0.39 is 25.6 Å². The molecule has 138 valence electrons. The molecule has 0 fully saturated rings. The third kappa shape index (κ3) is 3.79. The molecule has 2 aromatic rings. The number of amidine groups is 1. The summed E-state index contributed by atoms with van der Waals surface area (Å²) in [5, 5.41) is 2.94. The van der Waals surface area contributed by atoms with Gasteiger partial charge in [-0.3, -0.25) is 0 Å². The zero-order valence-corrected chi connectivity index (χ0v) is 16.1. The van der Waals surface area contributed by atoms with Crippen molar-refractivity contribution >= 4 is 31.6 Å². The minimum atomic E-state index is -3.71. The number of hydrogen-bond acceptors (Lipinski definition) is 5. The highest BCUT2D eigenvalue weighted by atomic mass is 32.2. The van der Waals surface area contributed by atoms with Gasteiger partial charge in [-0.15, -0.1) is 4.40 Å². The maximum Gasteiger partial charge on any atom is 0.285 e. The maximum atomic E-state index is 12.3. The molecule has 1 heterocycles. The SMILES string of the molecule is CC(C)(C)NS(=O)(=O)c1ccc(NC2=NS(=O)(=O)c3ccccc32)cc1. The molecule has 0 aromatic heterocycles. The molecule has 0 saturated carbocycles. The highest BCUT2D eigenvalue weighted by Crippen LogP contribution is 2.27. The normalized spacial score (nSPS) is 16.0. The topological polar surface area (TPSA) is 105 Å². The largest absolute Gasteiger partial charge is 0.339 e. The maximum absolute atomic E-state index is 12.3. The fraction of sp³-hybridized carbons (Fsp3) is 0.235. The molecule has 2 N–H and O–H groups in total. The van der Waals surface area contributed by atoms with Crippen LogP contribution in [0.2, 0.25) is 0 Å². The van der Waals surface area contributed by atoms with Crippen LogP contribution in [0.15, 0.2) is 62.7 Å². The molecule has 7 nitrogen and oxygen atoms in total. The molecule has 3 rings (SSSR count). The molecule has 0 atom stereocenters. The van der Waals surface area contributed by atoms with Gasteiger partial charge in [0.1, 0.15) is 4.90 Å². The molecule has 0 amide bonds. The van der Waals surface area contributed by atoms with Crippen molar-refractivity contribution in [2.75, 3.05) is 5.32 Å². The van der Waals surface area contributed by atoms with Gasteiger partial charge in [-0.25, -0.2) is 13.1 Å². The Morgan fingerprint density at radius 1 is 0.962 bits per heavy atom. The van der Waals surface area contributed by atoms with Crippen LogP contribution in [-0.2, 0) is 20.0 Å². The number of rotatable bonds is 3. The van der Waals surface area contributed by atoms with Gasteiger partial charge in [0.2, 0.25) is 10.0 Å². The van der Waals surface area contributed by atoms with E-state index >= 15 is 0 Å². The van der Waals surface area contributed by atoms with Crippen LogP contribution in [0.1, 0.15) is 26.3 Å². The number of benzene rings is 2. The smallest absolute Gasteiger partial charge is 0.285 e. The van der Waals surface area contributed by atoms with E-state index in [9.17, 15) is 16.8 Å². The number of nitrogens with zero attached hydrogens (tertiary/aromatic N) is 1. The quantitative estimate of drug-likeness (QED) is 0.833. The lowest BCUT2D eigenvalue weighted by Gasteiger charge is -2.20. The Labute approximate surface area is 153 Å². The van der Waals surface area contributed by atoms with Crippen molar-refractivity contribution in [2.45, 2.75) is 36.1 Å². The van der Waals surface area contributed by atoms with Crippen LogP contribution in [0.3, 0.4) is 0 Å². The summed E-state index contributed by atoms with van der Waals surface area (Å²) in [4.78, 5) is 0.274. The average molecular weight is 393 g/mol. The minimum Gasteiger partial charge on any atom is -0.339 e. The second kappa shape index (κ2) is 6.19. The van der Waals surface area contributed by atoms with Crippen LogP contribution >= 0.6 is 0 Å². The van der Waals surface area contributed by atoms with Gasteiger partial charge < -0.3 is 5.32 Å². The fourth-order valence-corrected chi connectivity index (χ4v) is 5.11. The highest BCUT2D eigenvalue weighted by molar-refractivity contribution is 7.90. The Kier molecular flexibility index (Phi) is 4.41. The predicted molar refractivity (Wildman–Crippen MR) is 100 cm³/mol. The van der Waals surface area contributed by atoms with E-state index in [1.807, 2.05) is 0 Å². The van der Waals surface area contributed by atoms with Crippen LogP contribution in [0.5, 0.6) is 0 Å². The third-order valence-corrected chi connectivity index (χ3v) is 6.61. The lowest BCUT2D eigenvalue weighted by atomic mass is 10.1. The molecule has 2 aromatic carbocycles. The van der Waals surface area contributed by atoms with Crippen molar-refractivity contribution in [1.29, 1.82) is 0 Å². The second-order valence-corrected chi connectivity index (χ2v) is 10.2. The third-order valence-electron chi connectivity index (χ3n) is 3.50. The Balaban J connectivity index is 1.86. The Hall–Kier alpha value is -2.23. The van der Waals surface area contributed by atoms with Crippen molar-refractivity contribution in [3.63, 3.8) is 0 Å². The standard InChI is InChI=1S/C17H19N3O4S2/c1-17(2,3)20-25(21,22)13-10-8-12(9-11-13)18-16-14-6-4-5-7-15(14)26(23,24)19-16/h4-11,20H,1-3H3,(H,18,19). The summed E-state index contributed by atoms with van der Waals surface area (Å²) in [5.41, 5.74) is 0.427. The van der Waals surface area contributed by atoms with E-state index in [1.165, 1.54) is 18.2 Å². The van der Waals surface area contributed by atoms with Crippen LogP contribution < -0.4 is 10.0 Å². The molecular weight excluding hydrogens is 374 g/mol. The van der Waals surface area contributed by atoms with Crippen molar-refractivity contribution in [2.24, 2.45) is 4.40 Å². The first-order valence-electron chi connectivity index (χ1n) is 7.83. The molecule has 0 radical (unpaired) electrons. The van der Waals surface area contributed by atoms with E-state index in [0.29, 0.717) is 11.3 Å². The van der Waals surface area contributed by atoms with Gasteiger partial charge in [0.25, 0.3) is 10.0 Å². The molecule has 0 bridgehead atoms. The van der Waals surface area contributed by atoms with Gasteiger partial charge in [0.05, 0.1) is 4.90 Å². The van der Waals surface area contributed by atoms with Gasteiger partial charge >= 0.3 is 0 Å². The molecule has 26 heavy (non-hydrogen) atoms. The zero-order valence-electron chi connectivity index (χ0n) is 14.5. The van der Waals surface area contributed by atoms with E-state index in [4.69, 9.17) is 0 Å². The number of sulfonamides is 2. The molecule has 0 unspecified atom stereocenters. The van der Waals surface area contributed by atoms with Gasteiger partial charge in [-0.05, 0) is 57.2 Å². The Morgan fingerprint density at radius 3 is 2.19 bits per heavy atom. The van der Waals surface area contributed by atoms with E-state index in [2.05, 4.69) is 14.4 Å². The molecule has 0 aliphatic carbocycles. The van der Waals surface area contributed by atoms with Gasteiger partial charge in [-0.1, -0.05) is 12.1 Å². The molecule has 9 heteroatoms. The summed E-state index contributed by atoms with van der Waals surface area (Å²) >= 11 is 0. The van der Waals surface area contributed by atoms with Gasteiger partial charge in [0, 0.05) is 16.8 Å². The Morgan fingerprint density at radius 2 is 1.58 bits per heavy atom. The second-order valence-electron chi connectivity index (χ2n) is 6.92. The number of anilines is 1. The van der Waals surface area contributed by atoms with Crippen molar-refractivity contribution in [1.82, 2.24) is 4.72 Å². The minimum absolute atomic E-state index is 0.124. The summed E-state index contributed by atoms with van der Waals surface area (Å²) in [6, 6.07) is 12.6. The summed E-state index contributed by atoms with van der Waals surface area (Å²) < 4.78 is 55.1. The highest BCUT2D eigenvalue weighted by Gasteiger charge is 2.28. The van der Waals surface area contributed by atoms with Crippen molar-refractivity contribution in [3.05, 3.63) is 54.1 Å². The zero-order chi connectivity index (χ0) is 19.2. The average Bonchev–Trinajstić information content (AvgIpc) is 2.77. The number of fused-ring (bicyclic) bond motifs is 1. The summed E-state index contributed by atoms with van der Waals surface area (Å²) in [6.45, 7) is 5.28. The molecule has 0 saturated heterocycles. The molecular formula is C17H19N3O4S2. The van der Waals surface area contributed by atoms with Crippen LogP contribution in [0.4, 0.5) is 5.69 Å². The fourth-order valence-electron chi connectivity index (χ4n) is 2.51. The molecule has 0 spiro atoms. The van der Waals surface area contributed by atoms with Crippen molar-refractivity contribution in [3.8, 4) is 0 Å². The van der Waals surface area contributed by atoms with E-state index in [-0.39, 0.29) is 15.6 Å². The predicted octanol–water partition coefficient (Wildman–Crippen LogP) is 2.32. The first kappa shape index (κ1) is 18.6.